The summed E-state index contributed by atoms with van der Waals surface area (Å²) in [6.45, 7) is 5.51. The molecule has 0 heterocycles. The fourth-order valence-corrected chi connectivity index (χ4v) is 6.02. The van der Waals surface area contributed by atoms with Gasteiger partial charge in [0, 0.05) is 12.3 Å². The van der Waals surface area contributed by atoms with Gasteiger partial charge in [-0.15, -0.1) is 0 Å². The van der Waals surface area contributed by atoms with Crippen molar-refractivity contribution in [3.05, 3.63) is 34.9 Å². The second-order valence-electron chi connectivity index (χ2n) is 9.00. The van der Waals surface area contributed by atoms with Gasteiger partial charge in [-0.2, -0.15) is 13.2 Å². The molecule has 0 N–H and O–H groups in total. The van der Waals surface area contributed by atoms with Crippen molar-refractivity contribution in [2.45, 2.75) is 64.7 Å². The smallest absolute Gasteiger partial charge is 0.462 e. The highest BCUT2D eigenvalue weighted by Crippen LogP contribution is 2.61. The number of rotatable bonds is 2. The van der Waals surface area contributed by atoms with Crippen molar-refractivity contribution < 1.29 is 32.2 Å². The van der Waals surface area contributed by atoms with Crippen LogP contribution in [-0.4, -0.2) is 24.2 Å². The van der Waals surface area contributed by atoms with Crippen LogP contribution in [0, 0.1) is 24.2 Å². The SMILES string of the molecule is CC(=O)O[C@H]1CC[C@H]2[C@@H]3C=Cc4cc(OC(=O)C(F)(F)F)cc(C)c4[C@H]3CC[C@]12C. The maximum Gasteiger partial charge on any atom is 0.491 e. The number of hydrogen-bond acceptors (Lipinski definition) is 4. The number of allylic oxidation sites excluding steroid dienone is 1. The minimum atomic E-state index is -5.03. The van der Waals surface area contributed by atoms with Gasteiger partial charge in [0.25, 0.3) is 0 Å². The van der Waals surface area contributed by atoms with E-state index in [1.165, 1.54) is 19.1 Å². The van der Waals surface area contributed by atoms with Gasteiger partial charge in [-0.05, 0) is 79.2 Å². The minimum absolute atomic E-state index is 0.0647. The number of benzene rings is 1. The Morgan fingerprint density at radius 2 is 1.90 bits per heavy atom. The van der Waals surface area contributed by atoms with Gasteiger partial charge in [-0.25, -0.2) is 4.79 Å². The quantitative estimate of drug-likeness (QED) is 0.477. The van der Waals surface area contributed by atoms with Crippen LogP contribution >= 0.6 is 0 Å². The zero-order chi connectivity index (χ0) is 21.8. The Labute approximate surface area is 173 Å². The molecule has 0 amide bonds. The summed E-state index contributed by atoms with van der Waals surface area (Å²) in [5, 5.41) is 0. The normalized spacial score (nSPS) is 32.1. The molecule has 0 bridgehead atoms. The van der Waals surface area contributed by atoms with Crippen LogP contribution in [0.3, 0.4) is 0 Å². The first-order chi connectivity index (χ1) is 14.0. The van der Waals surface area contributed by atoms with E-state index in [4.69, 9.17) is 4.74 Å². The van der Waals surface area contributed by atoms with Gasteiger partial charge < -0.3 is 9.47 Å². The first-order valence-electron chi connectivity index (χ1n) is 10.3. The van der Waals surface area contributed by atoms with Crippen LogP contribution in [0.15, 0.2) is 18.2 Å². The Morgan fingerprint density at radius 3 is 2.57 bits per heavy atom. The van der Waals surface area contributed by atoms with E-state index in [1.54, 1.807) is 0 Å². The summed E-state index contributed by atoms with van der Waals surface area (Å²) in [4.78, 5) is 22.7. The van der Waals surface area contributed by atoms with Gasteiger partial charge in [-0.3, -0.25) is 4.79 Å². The van der Waals surface area contributed by atoms with E-state index in [0.29, 0.717) is 11.8 Å². The number of halogens is 3. The van der Waals surface area contributed by atoms with E-state index in [-0.39, 0.29) is 29.2 Å². The highest BCUT2D eigenvalue weighted by molar-refractivity contribution is 5.78. The van der Waals surface area contributed by atoms with Crippen molar-refractivity contribution in [2.24, 2.45) is 17.3 Å². The lowest BCUT2D eigenvalue weighted by molar-refractivity contribution is -0.189. The Balaban J connectivity index is 1.62. The van der Waals surface area contributed by atoms with E-state index in [1.807, 2.05) is 13.0 Å². The van der Waals surface area contributed by atoms with Crippen LogP contribution < -0.4 is 4.74 Å². The number of aryl methyl sites for hydroxylation is 1. The standard InChI is InChI=1S/C23H25F3O4/c1-12-10-15(30-21(28)23(24,25)26)11-14-4-5-16-17(20(12)14)8-9-22(3)18(16)6-7-19(22)29-13(2)27/h4-5,10-11,16-19H,6-9H2,1-3H3/t16-,17+,18+,19+,22+/m1/s1. The van der Waals surface area contributed by atoms with Crippen molar-refractivity contribution >= 4 is 18.0 Å². The van der Waals surface area contributed by atoms with Gasteiger partial charge in [0.1, 0.15) is 11.9 Å². The van der Waals surface area contributed by atoms with Crippen LogP contribution in [0.1, 0.15) is 62.1 Å². The molecule has 0 radical (unpaired) electrons. The number of esters is 2. The van der Waals surface area contributed by atoms with Gasteiger partial charge in [0.15, 0.2) is 0 Å². The highest BCUT2D eigenvalue weighted by atomic mass is 19.4. The summed E-state index contributed by atoms with van der Waals surface area (Å²) in [6, 6.07) is 3.03. The number of ether oxygens (including phenoxy) is 2. The Hall–Kier alpha value is -2.31. The van der Waals surface area contributed by atoms with Crippen molar-refractivity contribution in [3.63, 3.8) is 0 Å². The molecule has 4 nitrogen and oxygen atoms in total. The van der Waals surface area contributed by atoms with E-state index in [9.17, 15) is 22.8 Å². The fourth-order valence-electron chi connectivity index (χ4n) is 6.02. The summed E-state index contributed by atoms with van der Waals surface area (Å²) in [7, 11) is 0. The van der Waals surface area contributed by atoms with Gasteiger partial charge in [-0.1, -0.05) is 19.1 Å². The molecule has 7 heteroatoms. The first-order valence-corrected chi connectivity index (χ1v) is 10.3. The molecule has 0 aliphatic heterocycles. The average Bonchev–Trinajstić information content (AvgIpc) is 2.96. The molecule has 0 unspecified atom stereocenters. The van der Waals surface area contributed by atoms with Crippen molar-refractivity contribution in [1.29, 1.82) is 0 Å². The van der Waals surface area contributed by atoms with E-state index >= 15 is 0 Å². The lowest BCUT2D eigenvalue weighted by atomic mass is 9.56. The second-order valence-corrected chi connectivity index (χ2v) is 9.00. The van der Waals surface area contributed by atoms with E-state index in [0.717, 1.165) is 42.4 Å². The predicted octanol–water partition coefficient (Wildman–Crippen LogP) is 5.33. The zero-order valence-corrected chi connectivity index (χ0v) is 17.2. The van der Waals surface area contributed by atoms with Gasteiger partial charge >= 0.3 is 18.1 Å². The molecule has 3 aliphatic carbocycles. The summed E-state index contributed by atoms with van der Waals surface area (Å²) in [5.74, 6) is -1.62. The number of carbonyl (C=O) groups excluding carboxylic acids is 2. The van der Waals surface area contributed by atoms with Gasteiger partial charge in [0.05, 0.1) is 0 Å². The monoisotopic (exact) mass is 422 g/mol. The third kappa shape index (κ3) is 3.42. The van der Waals surface area contributed by atoms with Gasteiger partial charge in [0.2, 0.25) is 0 Å². The number of alkyl halides is 3. The van der Waals surface area contributed by atoms with Crippen LogP contribution in [-0.2, 0) is 14.3 Å². The summed E-state index contributed by atoms with van der Waals surface area (Å²) < 4.78 is 47.8. The molecule has 5 atom stereocenters. The molecule has 30 heavy (non-hydrogen) atoms. The maximum atomic E-state index is 12.5. The first kappa shape index (κ1) is 20.9. The topological polar surface area (TPSA) is 52.6 Å². The van der Waals surface area contributed by atoms with Crippen LogP contribution in [0.2, 0.25) is 0 Å². The lowest BCUT2D eigenvalue weighted by Crippen LogP contribution is -2.44. The number of carbonyl (C=O) groups is 2. The molecular formula is C23H25F3O4. The van der Waals surface area contributed by atoms with Crippen LogP contribution in [0.25, 0.3) is 6.08 Å². The zero-order valence-electron chi connectivity index (χ0n) is 17.2. The number of hydrogen-bond donors (Lipinski definition) is 0. The molecule has 162 valence electrons. The highest BCUT2D eigenvalue weighted by Gasteiger charge is 2.55. The number of fused-ring (bicyclic) bond motifs is 5. The minimum Gasteiger partial charge on any atom is -0.462 e. The lowest BCUT2D eigenvalue weighted by Gasteiger charge is -2.49. The fraction of sp³-hybridized carbons (Fsp3) is 0.565. The van der Waals surface area contributed by atoms with Crippen LogP contribution in [0.4, 0.5) is 13.2 Å². The Kier molecular flexibility index (Phi) is 4.98. The largest absolute Gasteiger partial charge is 0.491 e. The predicted molar refractivity (Wildman–Crippen MR) is 104 cm³/mol. The second kappa shape index (κ2) is 7.13. The third-order valence-electron chi connectivity index (χ3n) is 7.26. The molecule has 3 aliphatic rings. The van der Waals surface area contributed by atoms with E-state index < -0.39 is 12.1 Å². The molecule has 2 saturated carbocycles. The molecule has 0 saturated heterocycles. The Bertz CT molecular complexity index is 920. The molecule has 0 aromatic heterocycles. The third-order valence-corrected chi connectivity index (χ3v) is 7.26. The molecule has 4 rings (SSSR count). The molecular weight excluding hydrogens is 397 g/mol. The van der Waals surface area contributed by atoms with E-state index in [2.05, 4.69) is 17.7 Å². The summed E-state index contributed by atoms with van der Waals surface area (Å²) >= 11 is 0. The van der Waals surface area contributed by atoms with Crippen molar-refractivity contribution in [1.82, 2.24) is 0 Å². The van der Waals surface area contributed by atoms with Crippen molar-refractivity contribution in [3.8, 4) is 5.75 Å². The van der Waals surface area contributed by atoms with Crippen LogP contribution in [0.5, 0.6) is 5.75 Å². The molecule has 0 spiro atoms. The maximum absolute atomic E-state index is 12.5. The van der Waals surface area contributed by atoms with Crippen molar-refractivity contribution in [2.75, 3.05) is 0 Å². The Morgan fingerprint density at radius 1 is 1.17 bits per heavy atom. The molecule has 1 aromatic carbocycles. The summed E-state index contributed by atoms with van der Waals surface area (Å²) in [6.07, 6.45) is 2.65. The summed E-state index contributed by atoms with van der Waals surface area (Å²) in [5.41, 5.74) is 2.69. The average molecular weight is 422 g/mol. The molecule has 2 fully saturated rings. The molecule has 1 aromatic rings.